The van der Waals surface area contributed by atoms with Gasteiger partial charge in [-0.05, 0) is 12.0 Å². The first-order valence-electron chi connectivity index (χ1n) is 8.89. The van der Waals surface area contributed by atoms with Gasteiger partial charge in [0, 0.05) is 32.1 Å². The van der Waals surface area contributed by atoms with E-state index in [1.54, 1.807) is 7.05 Å². The minimum Gasteiger partial charge on any atom is -0.361 e. The summed E-state index contributed by atoms with van der Waals surface area (Å²) in [5, 5.41) is 13.2. The summed E-state index contributed by atoms with van der Waals surface area (Å²) in [4.78, 5) is 16.1. The Morgan fingerprint density at radius 3 is 2.50 bits per heavy atom. The molecule has 7 nitrogen and oxygen atoms in total. The summed E-state index contributed by atoms with van der Waals surface area (Å²) in [6.07, 6.45) is 1.60. The summed E-state index contributed by atoms with van der Waals surface area (Å²) in [6.45, 7) is 5.30. The van der Waals surface area contributed by atoms with Crippen LogP contribution in [0.1, 0.15) is 36.4 Å². The molecule has 0 spiro atoms. The molecule has 0 atom stereocenters. The summed E-state index contributed by atoms with van der Waals surface area (Å²) in [6, 6.07) is 9.80. The number of nitrogens with zero attached hydrogens (tertiary/aromatic N) is 2. The maximum Gasteiger partial charge on any atom is 0.239 e. The van der Waals surface area contributed by atoms with Crippen LogP contribution in [0.5, 0.6) is 0 Å². The number of rotatable bonds is 8. The molecule has 2 rings (SSSR count). The maximum atomic E-state index is 12.0. The van der Waals surface area contributed by atoms with E-state index < -0.39 is 0 Å². The van der Waals surface area contributed by atoms with Gasteiger partial charge in [0.15, 0.2) is 5.96 Å². The van der Waals surface area contributed by atoms with Crippen molar-refractivity contribution < 1.29 is 9.32 Å². The van der Waals surface area contributed by atoms with Gasteiger partial charge >= 0.3 is 0 Å². The minimum absolute atomic E-state index is 0.0923. The van der Waals surface area contributed by atoms with Crippen molar-refractivity contribution in [3.8, 4) is 0 Å². The molecule has 0 saturated heterocycles. The van der Waals surface area contributed by atoms with Gasteiger partial charge in [0.05, 0.1) is 12.2 Å². The second-order valence-corrected chi connectivity index (χ2v) is 5.78. The SMILES string of the molecule is CCc1noc(CC)c1CNC(=NC)NCC(=O)NCc1ccccc1. The van der Waals surface area contributed by atoms with Gasteiger partial charge in [0.1, 0.15) is 5.76 Å². The monoisotopic (exact) mass is 357 g/mol. The normalized spacial score (nSPS) is 11.3. The van der Waals surface area contributed by atoms with E-state index in [9.17, 15) is 4.79 Å². The van der Waals surface area contributed by atoms with E-state index in [0.717, 1.165) is 35.4 Å². The van der Waals surface area contributed by atoms with Crippen molar-refractivity contribution in [2.75, 3.05) is 13.6 Å². The second-order valence-electron chi connectivity index (χ2n) is 5.78. The highest BCUT2D eigenvalue weighted by molar-refractivity contribution is 5.86. The average Bonchev–Trinajstić information content (AvgIpc) is 3.09. The van der Waals surface area contributed by atoms with E-state index in [4.69, 9.17) is 4.52 Å². The van der Waals surface area contributed by atoms with Crippen LogP contribution in [0.15, 0.2) is 39.8 Å². The third-order valence-electron chi connectivity index (χ3n) is 4.01. The fraction of sp³-hybridized carbons (Fsp3) is 0.421. The molecule has 0 radical (unpaired) electrons. The lowest BCUT2D eigenvalue weighted by molar-refractivity contribution is -0.120. The summed E-state index contributed by atoms with van der Waals surface area (Å²) < 4.78 is 5.36. The Kier molecular flexibility index (Phi) is 7.67. The first-order valence-corrected chi connectivity index (χ1v) is 8.89. The van der Waals surface area contributed by atoms with Crippen molar-refractivity contribution in [3.63, 3.8) is 0 Å². The van der Waals surface area contributed by atoms with E-state index in [-0.39, 0.29) is 12.5 Å². The molecule has 1 aromatic heterocycles. The highest BCUT2D eigenvalue weighted by atomic mass is 16.5. The van der Waals surface area contributed by atoms with Crippen LogP contribution in [-0.4, -0.2) is 30.6 Å². The van der Waals surface area contributed by atoms with Crippen molar-refractivity contribution in [2.45, 2.75) is 39.8 Å². The number of carbonyl (C=O) groups is 1. The number of aliphatic imine (C=N–C) groups is 1. The highest BCUT2D eigenvalue weighted by Gasteiger charge is 2.13. The van der Waals surface area contributed by atoms with Gasteiger partial charge in [-0.2, -0.15) is 0 Å². The highest BCUT2D eigenvalue weighted by Crippen LogP contribution is 2.15. The van der Waals surface area contributed by atoms with Crippen LogP contribution in [0.25, 0.3) is 0 Å². The van der Waals surface area contributed by atoms with Crippen molar-refractivity contribution in [1.29, 1.82) is 0 Å². The zero-order valence-corrected chi connectivity index (χ0v) is 15.6. The van der Waals surface area contributed by atoms with Gasteiger partial charge in [-0.25, -0.2) is 0 Å². The van der Waals surface area contributed by atoms with Crippen molar-refractivity contribution in [3.05, 3.63) is 52.9 Å². The van der Waals surface area contributed by atoms with Gasteiger partial charge < -0.3 is 20.5 Å². The summed E-state index contributed by atoms with van der Waals surface area (Å²) in [5.41, 5.74) is 3.08. The molecule has 0 unspecified atom stereocenters. The van der Waals surface area contributed by atoms with E-state index in [0.29, 0.717) is 19.0 Å². The number of carbonyl (C=O) groups excluding carboxylic acids is 1. The van der Waals surface area contributed by atoms with Crippen LogP contribution in [-0.2, 0) is 30.7 Å². The molecule has 1 amide bonds. The lowest BCUT2D eigenvalue weighted by atomic mass is 10.1. The molecule has 0 aliphatic rings. The van der Waals surface area contributed by atoms with Crippen LogP contribution >= 0.6 is 0 Å². The predicted molar refractivity (Wildman–Crippen MR) is 102 cm³/mol. The van der Waals surface area contributed by atoms with Gasteiger partial charge in [-0.1, -0.05) is 49.3 Å². The quantitative estimate of drug-likeness (QED) is 0.495. The number of hydrogen-bond donors (Lipinski definition) is 3. The number of amides is 1. The Morgan fingerprint density at radius 2 is 1.85 bits per heavy atom. The van der Waals surface area contributed by atoms with Gasteiger partial charge in [-0.15, -0.1) is 0 Å². The zero-order valence-electron chi connectivity index (χ0n) is 15.6. The molecule has 0 aliphatic heterocycles. The largest absolute Gasteiger partial charge is 0.361 e. The number of hydrogen-bond acceptors (Lipinski definition) is 4. The van der Waals surface area contributed by atoms with Crippen molar-refractivity contribution >= 4 is 11.9 Å². The van der Waals surface area contributed by atoms with Crippen molar-refractivity contribution in [2.24, 2.45) is 4.99 Å². The molecule has 26 heavy (non-hydrogen) atoms. The molecule has 2 aromatic rings. The Bertz CT molecular complexity index is 703. The van der Waals surface area contributed by atoms with E-state index in [2.05, 4.69) is 26.1 Å². The maximum absolute atomic E-state index is 12.0. The van der Waals surface area contributed by atoms with Crippen LogP contribution in [0.4, 0.5) is 0 Å². The molecular formula is C19H27N5O2. The molecule has 7 heteroatoms. The number of nitrogens with one attached hydrogen (secondary N) is 3. The molecule has 0 aliphatic carbocycles. The van der Waals surface area contributed by atoms with Gasteiger partial charge in [0.2, 0.25) is 5.91 Å². The average molecular weight is 357 g/mol. The topological polar surface area (TPSA) is 91.6 Å². The second kappa shape index (κ2) is 10.2. The smallest absolute Gasteiger partial charge is 0.239 e. The van der Waals surface area contributed by atoms with Crippen molar-refractivity contribution in [1.82, 2.24) is 21.1 Å². The Hall–Kier alpha value is -2.83. The third-order valence-corrected chi connectivity index (χ3v) is 4.01. The number of guanidine groups is 1. The lowest BCUT2D eigenvalue weighted by Gasteiger charge is -2.12. The number of benzene rings is 1. The fourth-order valence-electron chi connectivity index (χ4n) is 2.55. The van der Waals surface area contributed by atoms with Crippen LogP contribution in [0, 0.1) is 0 Å². The molecule has 1 aromatic carbocycles. The lowest BCUT2D eigenvalue weighted by Crippen LogP contribution is -2.42. The Balaban J connectivity index is 1.79. The number of aryl methyl sites for hydroxylation is 2. The van der Waals surface area contributed by atoms with E-state index in [1.165, 1.54) is 0 Å². The number of aromatic nitrogens is 1. The van der Waals surface area contributed by atoms with E-state index in [1.807, 2.05) is 44.2 Å². The first kappa shape index (κ1) is 19.5. The molecular weight excluding hydrogens is 330 g/mol. The van der Waals surface area contributed by atoms with Crippen LogP contribution < -0.4 is 16.0 Å². The Morgan fingerprint density at radius 1 is 1.08 bits per heavy atom. The first-order chi connectivity index (χ1) is 12.7. The summed E-state index contributed by atoms with van der Waals surface area (Å²) in [7, 11) is 1.67. The fourth-order valence-corrected chi connectivity index (χ4v) is 2.55. The predicted octanol–water partition coefficient (Wildman–Crippen LogP) is 1.78. The zero-order chi connectivity index (χ0) is 18.8. The minimum atomic E-state index is -0.0923. The summed E-state index contributed by atoms with van der Waals surface area (Å²) >= 11 is 0. The van der Waals surface area contributed by atoms with Crippen LogP contribution in [0.3, 0.4) is 0 Å². The summed E-state index contributed by atoms with van der Waals surface area (Å²) in [5.74, 6) is 1.35. The van der Waals surface area contributed by atoms with Gasteiger partial charge in [0.25, 0.3) is 0 Å². The molecule has 140 valence electrons. The molecule has 1 heterocycles. The molecule has 3 N–H and O–H groups in total. The Labute approximate surface area is 154 Å². The third kappa shape index (κ3) is 5.61. The van der Waals surface area contributed by atoms with Crippen LogP contribution in [0.2, 0.25) is 0 Å². The van der Waals surface area contributed by atoms with Gasteiger partial charge in [-0.3, -0.25) is 9.79 Å². The molecule has 0 saturated carbocycles. The standard InChI is InChI=1S/C19H27N5O2/c1-4-16-15(17(5-2)26-24-16)12-22-19(20-3)23-13-18(25)21-11-14-9-7-6-8-10-14/h6-10H,4-5,11-13H2,1-3H3,(H,21,25)(H2,20,22,23). The molecule has 0 fully saturated rings. The molecule has 0 bridgehead atoms. The van der Waals surface area contributed by atoms with E-state index >= 15 is 0 Å².